The largest absolute Gasteiger partial charge is 0.436 e. The summed E-state index contributed by atoms with van der Waals surface area (Å²) >= 11 is 0. The van der Waals surface area contributed by atoms with E-state index < -0.39 is 23.7 Å². The zero-order chi connectivity index (χ0) is 15.6. The number of anilines is 2. The minimum absolute atomic E-state index is 0.266. The van der Waals surface area contributed by atoms with Crippen molar-refractivity contribution in [3.63, 3.8) is 0 Å². The van der Waals surface area contributed by atoms with Crippen molar-refractivity contribution >= 4 is 17.6 Å². The predicted octanol–water partition coefficient (Wildman–Crippen LogP) is 3.03. The Morgan fingerprint density at radius 3 is 2.43 bits per heavy atom. The minimum atomic E-state index is -4.55. The number of primary amides is 1. The molecule has 1 unspecified atom stereocenters. The van der Waals surface area contributed by atoms with Gasteiger partial charge >= 0.3 is 6.18 Å². The zero-order valence-corrected chi connectivity index (χ0v) is 10.9. The predicted molar refractivity (Wildman–Crippen MR) is 68.8 cm³/mol. The molecule has 0 radical (unpaired) electrons. The first kappa shape index (κ1) is 14.9. The maximum Gasteiger partial charge on any atom is 0.436 e. The van der Waals surface area contributed by atoms with Gasteiger partial charge in [-0.3, -0.25) is 4.79 Å². The molecule has 0 aliphatic rings. The van der Waals surface area contributed by atoms with E-state index in [4.69, 9.17) is 10.2 Å². The highest BCUT2D eigenvalue weighted by Gasteiger charge is 2.34. The van der Waals surface area contributed by atoms with E-state index in [0.29, 0.717) is 17.5 Å². The lowest BCUT2D eigenvalue weighted by Gasteiger charge is -2.08. The van der Waals surface area contributed by atoms with E-state index in [-0.39, 0.29) is 6.01 Å². The van der Waals surface area contributed by atoms with Crippen molar-refractivity contribution in [2.45, 2.75) is 19.0 Å². The number of nitrogens with one attached hydrogen (secondary N) is 1. The first-order valence-electron chi connectivity index (χ1n) is 5.96. The molecule has 0 bridgehead atoms. The van der Waals surface area contributed by atoms with Crippen LogP contribution in [0.15, 0.2) is 34.9 Å². The summed E-state index contributed by atoms with van der Waals surface area (Å²) in [5, 5.41) is 2.60. The SMILES string of the molecule is CC(C(N)=O)c1ccc(Nc2nc(C(F)(F)F)co2)cc1. The number of hydrogen-bond donors (Lipinski definition) is 2. The number of carbonyl (C=O) groups is 1. The number of nitrogens with two attached hydrogens (primary N) is 1. The fourth-order valence-electron chi connectivity index (χ4n) is 1.60. The van der Waals surface area contributed by atoms with Gasteiger partial charge in [-0.2, -0.15) is 18.2 Å². The van der Waals surface area contributed by atoms with E-state index >= 15 is 0 Å². The number of oxazole rings is 1. The van der Waals surface area contributed by atoms with Gasteiger partial charge in [0.25, 0.3) is 6.01 Å². The smallest absolute Gasteiger partial charge is 0.431 e. The lowest BCUT2D eigenvalue weighted by Crippen LogP contribution is -2.18. The normalized spacial score (nSPS) is 13.0. The van der Waals surface area contributed by atoms with Gasteiger partial charge in [-0.25, -0.2) is 0 Å². The van der Waals surface area contributed by atoms with Crippen LogP contribution in [0.4, 0.5) is 24.9 Å². The monoisotopic (exact) mass is 299 g/mol. The second-order valence-electron chi connectivity index (χ2n) is 4.41. The Bertz CT molecular complexity index is 635. The number of rotatable bonds is 4. The Morgan fingerprint density at radius 2 is 1.95 bits per heavy atom. The molecule has 1 amide bonds. The number of hydrogen-bond acceptors (Lipinski definition) is 4. The van der Waals surface area contributed by atoms with Crippen LogP contribution in [-0.2, 0) is 11.0 Å². The molecule has 0 fully saturated rings. The molecule has 0 aliphatic heterocycles. The molecule has 21 heavy (non-hydrogen) atoms. The summed E-state index contributed by atoms with van der Waals surface area (Å²) in [6.07, 6.45) is -4.02. The Hall–Kier alpha value is -2.51. The standard InChI is InChI=1S/C13H12F3N3O2/c1-7(11(17)20)8-2-4-9(5-3-8)18-12-19-10(6-21-12)13(14,15)16/h2-7H,1H3,(H2,17,20)(H,18,19). The summed E-state index contributed by atoms with van der Waals surface area (Å²) in [5.41, 5.74) is 5.26. The Kier molecular flexibility index (Phi) is 3.88. The van der Waals surface area contributed by atoms with Gasteiger partial charge in [-0.1, -0.05) is 12.1 Å². The second kappa shape index (κ2) is 5.47. The van der Waals surface area contributed by atoms with Gasteiger partial charge in [0.05, 0.1) is 5.92 Å². The molecule has 1 aromatic carbocycles. The third-order valence-corrected chi connectivity index (χ3v) is 2.88. The summed E-state index contributed by atoms with van der Waals surface area (Å²) < 4.78 is 41.8. The van der Waals surface area contributed by atoms with Gasteiger partial charge in [0.1, 0.15) is 6.26 Å². The summed E-state index contributed by atoms with van der Waals surface area (Å²) in [4.78, 5) is 14.3. The molecule has 8 heteroatoms. The van der Waals surface area contributed by atoms with Gasteiger partial charge in [0.15, 0.2) is 5.69 Å². The van der Waals surface area contributed by atoms with Crippen LogP contribution in [0.5, 0.6) is 0 Å². The number of benzene rings is 1. The quantitative estimate of drug-likeness (QED) is 0.909. The number of halogens is 3. The van der Waals surface area contributed by atoms with E-state index in [1.165, 1.54) is 0 Å². The van der Waals surface area contributed by atoms with E-state index in [2.05, 4.69) is 10.3 Å². The molecular formula is C13H12F3N3O2. The van der Waals surface area contributed by atoms with E-state index in [9.17, 15) is 18.0 Å². The van der Waals surface area contributed by atoms with Crippen LogP contribution in [0.25, 0.3) is 0 Å². The molecule has 1 heterocycles. The van der Waals surface area contributed by atoms with Crippen LogP contribution in [0.2, 0.25) is 0 Å². The molecule has 0 spiro atoms. The van der Waals surface area contributed by atoms with Crippen molar-refractivity contribution in [3.05, 3.63) is 41.8 Å². The minimum Gasteiger partial charge on any atom is -0.431 e. The van der Waals surface area contributed by atoms with Crippen LogP contribution >= 0.6 is 0 Å². The van der Waals surface area contributed by atoms with Crippen LogP contribution in [0.1, 0.15) is 24.1 Å². The highest BCUT2D eigenvalue weighted by atomic mass is 19.4. The molecule has 5 nitrogen and oxygen atoms in total. The number of amides is 1. The van der Waals surface area contributed by atoms with Crippen LogP contribution in [0, 0.1) is 0 Å². The highest BCUT2D eigenvalue weighted by Crippen LogP contribution is 2.30. The van der Waals surface area contributed by atoms with Crippen molar-refractivity contribution in [3.8, 4) is 0 Å². The van der Waals surface area contributed by atoms with Gasteiger partial charge in [-0.15, -0.1) is 0 Å². The third kappa shape index (κ3) is 3.53. The highest BCUT2D eigenvalue weighted by molar-refractivity contribution is 5.81. The Morgan fingerprint density at radius 1 is 1.33 bits per heavy atom. The molecular weight excluding hydrogens is 287 g/mol. The van der Waals surface area contributed by atoms with Crippen molar-refractivity contribution in [1.82, 2.24) is 4.98 Å². The van der Waals surface area contributed by atoms with Gasteiger partial charge in [-0.05, 0) is 24.6 Å². The average Bonchev–Trinajstić information content (AvgIpc) is 2.87. The summed E-state index contributed by atoms with van der Waals surface area (Å²) in [5.74, 6) is -0.907. The van der Waals surface area contributed by atoms with E-state index in [1.807, 2.05) is 0 Å². The van der Waals surface area contributed by atoms with Crippen LogP contribution in [-0.4, -0.2) is 10.9 Å². The topological polar surface area (TPSA) is 81.2 Å². The molecule has 0 saturated heterocycles. The number of nitrogens with zero attached hydrogens (tertiary/aromatic N) is 1. The van der Waals surface area contributed by atoms with Gasteiger partial charge in [0, 0.05) is 5.69 Å². The molecule has 2 rings (SSSR count). The lowest BCUT2D eigenvalue weighted by atomic mass is 10.0. The summed E-state index contributed by atoms with van der Waals surface area (Å²) in [6.45, 7) is 1.66. The Balaban J connectivity index is 2.10. The molecule has 1 atom stereocenters. The van der Waals surface area contributed by atoms with Crippen molar-refractivity contribution < 1.29 is 22.4 Å². The molecule has 112 valence electrons. The fourth-order valence-corrected chi connectivity index (χ4v) is 1.60. The number of alkyl halides is 3. The molecule has 2 aromatic rings. The van der Waals surface area contributed by atoms with Gasteiger partial charge < -0.3 is 15.5 Å². The average molecular weight is 299 g/mol. The molecule has 0 saturated carbocycles. The van der Waals surface area contributed by atoms with E-state index in [0.717, 1.165) is 0 Å². The Labute approximate surface area is 118 Å². The number of carbonyl (C=O) groups excluding carboxylic acids is 1. The molecule has 0 aliphatic carbocycles. The fraction of sp³-hybridized carbons (Fsp3) is 0.231. The van der Waals surface area contributed by atoms with Crippen LogP contribution < -0.4 is 11.1 Å². The molecule has 1 aromatic heterocycles. The van der Waals surface area contributed by atoms with E-state index in [1.54, 1.807) is 31.2 Å². The van der Waals surface area contributed by atoms with Crippen LogP contribution in [0.3, 0.4) is 0 Å². The molecule has 3 N–H and O–H groups in total. The van der Waals surface area contributed by atoms with Crippen molar-refractivity contribution in [1.29, 1.82) is 0 Å². The maximum atomic E-state index is 12.4. The first-order chi connectivity index (χ1) is 9.77. The second-order valence-corrected chi connectivity index (χ2v) is 4.41. The zero-order valence-electron chi connectivity index (χ0n) is 10.9. The summed E-state index contributed by atoms with van der Waals surface area (Å²) in [6, 6.07) is 6.20. The van der Waals surface area contributed by atoms with Crippen molar-refractivity contribution in [2.75, 3.05) is 5.32 Å². The number of aromatic nitrogens is 1. The van der Waals surface area contributed by atoms with Gasteiger partial charge in [0.2, 0.25) is 5.91 Å². The lowest BCUT2D eigenvalue weighted by molar-refractivity contribution is -0.141. The van der Waals surface area contributed by atoms with Crippen molar-refractivity contribution in [2.24, 2.45) is 5.73 Å². The maximum absolute atomic E-state index is 12.4. The first-order valence-corrected chi connectivity index (χ1v) is 5.96. The summed E-state index contributed by atoms with van der Waals surface area (Å²) in [7, 11) is 0. The third-order valence-electron chi connectivity index (χ3n) is 2.88.